The summed E-state index contributed by atoms with van der Waals surface area (Å²) in [6, 6.07) is 11.8. The van der Waals surface area contributed by atoms with Crippen LogP contribution in [0.3, 0.4) is 0 Å². The lowest BCUT2D eigenvalue weighted by Gasteiger charge is -2.06. The van der Waals surface area contributed by atoms with Crippen molar-refractivity contribution in [2.24, 2.45) is 0 Å². The molecule has 2 aromatic carbocycles. The Morgan fingerprint density at radius 3 is 1.21 bits per heavy atom. The molecule has 0 aliphatic carbocycles. The van der Waals surface area contributed by atoms with E-state index in [1.165, 1.54) is 48.5 Å². The molecule has 0 heterocycles. The van der Waals surface area contributed by atoms with Gasteiger partial charge in [0.2, 0.25) is 0 Å². The summed E-state index contributed by atoms with van der Waals surface area (Å²) in [5.74, 6) is -0.269. The number of ether oxygens (including phenoxy) is 2. The van der Waals surface area contributed by atoms with Gasteiger partial charge in [-0.1, -0.05) is 0 Å². The van der Waals surface area contributed by atoms with Crippen molar-refractivity contribution < 1.29 is 28.7 Å². The molecular formula is C20H16Cl2O6. The monoisotopic (exact) mass is 422 g/mol. The molecule has 2 aromatic rings. The number of unbranched alkanes of at least 4 members (excludes halogenated alkanes) is 1. The summed E-state index contributed by atoms with van der Waals surface area (Å²) in [6.07, 6.45) is 1.17. The number of rotatable bonds is 9. The van der Waals surface area contributed by atoms with E-state index in [-0.39, 0.29) is 12.8 Å². The molecule has 146 valence electrons. The summed E-state index contributed by atoms with van der Waals surface area (Å²) in [4.78, 5) is 45.5. The zero-order valence-electron chi connectivity index (χ0n) is 14.7. The molecule has 8 heteroatoms. The molecule has 0 bridgehead atoms. The van der Waals surface area contributed by atoms with Crippen molar-refractivity contribution in [1.82, 2.24) is 0 Å². The van der Waals surface area contributed by atoms with Gasteiger partial charge in [-0.05, 0) is 84.6 Å². The van der Waals surface area contributed by atoms with Gasteiger partial charge in [-0.15, -0.1) is 0 Å². The van der Waals surface area contributed by atoms with E-state index in [4.69, 9.17) is 32.7 Å². The second kappa shape index (κ2) is 10.6. The molecular weight excluding hydrogens is 407 g/mol. The summed E-state index contributed by atoms with van der Waals surface area (Å²) in [5.41, 5.74) is 0.618. The van der Waals surface area contributed by atoms with Crippen molar-refractivity contribution in [1.29, 1.82) is 0 Å². The van der Waals surface area contributed by atoms with Gasteiger partial charge in [-0.25, -0.2) is 0 Å². The minimum atomic E-state index is -0.590. The van der Waals surface area contributed by atoms with Crippen LogP contribution in [0.25, 0.3) is 0 Å². The second-order valence-corrected chi connectivity index (χ2v) is 6.44. The fourth-order valence-corrected chi connectivity index (χ4v) is 2.46. The second-order valence-electron chi connectivity index (χ2n) is 5.75. The van der Waals surface area contributed by atoms with E-state index in [0.29, 0.717) is 35.5 Å². The van der Waals surface area contributed by atoms with Crippen molar-refractivity contribution in [3.8, 4) is 11.5 Å². The first-order chi connectivity index (χ1) is 13.3. The Morgan fingerprint density at radius 2 is 0.929 bits per heavy atom. The predicted molar refractivity (Wildman–Crippen MR) is 103 cm³/mol. The first-order valence-corrected chi connectivity index (χ1v) is 9.12. The maximum absolute atomic E-state index is 11.8. The van der Waals surface area contributed by atoms with Gasteiger partial charge in [0.1, 0.15) is 11.5 Å². The average molecular weight is 423 g/mol. The van der Waals surface area contributed by atoms with E-state index >= 15 is 0 Å². The number of benzene rings is 2. The van der Waals surface area contributed by atoms with Gasteiger partial charge < -0.3 is 9.47 Å². The quantitative estimate of drug-likeness (QED) is 0.255. The van der Waals surface area contributed by atoms with Gasteiger partial charge in [0.25, 0.3) is 10.5 Å². The van der Waals surface area contributed by atoms with Crippen molar-refractivity contribution in [3.05, 3.63) is 59.7 Å². The minimum Gasteiger partial charge on any atom is -0.427 e. The smallest absolute Gasteiger partial charge is 0.311 e. The maximum atomic E-state index is 11.8. The van der Waals surface area contributed by atoms with Gasteiger partial charge in [0, 0.05) is 24.0 Å². The largest absolute Gasteiger partial charge is 0.427 e. The third-order valence-corrected chi connectivity index (χ3v) is 4.07. The number of esters is 2. The van der Waals surface area contributed by atoms with E-state index < -0.39 is 22.4 Å². The Balaban J connectivity index is 1.67. The summed E-state index contributed by atoms with van der Waals surface area (Å²) in [7, 11) is 0. The highest BCUT2D eigenvalue weighted by molar-refractivity contribution is 6.68. The molecule has 0 spiro atoms. The number of halogens is 2. The molecule has 0 saturated heterocycles. The Bertz CT molecular complexity index is 786. The van der Waals surface area contributed by atoms with E-state index in [1.807, 2.05) is 0 Å². The van der Waals surface area contributed by atoms with Crippen LogP contribution in [0.1, 0.15) is 46.4 Å². The molecule has 0 amide bonds. The van der Waals surface area contributed by atoms with E-state index in [0.717, 1.165) is 0 Å². The van der Waals surface area contributed by atoms with Gasteiger partial charge in [-0.2, -0.15) is 0 Å². The third-order valence-electron chi connectivity index (χ3n) is 3.64. The fourth-order valence-electron chi connectivity index (χ4n) is 2.21. The molecule has 28 heavy (non-hydrogen) atoms. The summed E-state index contributed by atoms with van der Waals surface area (Å²) in [6.45, 7) is 0. The van der Waals surface area contributed by atoms with Gasteiger partial charge in [0.05, 0.1) is 0 Å². The first kappa shape index (κ1) is 21.6. The molecule has 0 N–H and O–H groups in total. The summed E-state index contributed by atoms with van der Waals surface area (Å²) < 4.78 is 10.3. The highest BCUT2D eigenvalue weighted by Crippen LogP contribution is 2.16. The number of hydrogen-bond donors (Lipinski definition) is 0. The predicted octanol–water partition coefficient (Wildman–Crippen LogP) is 4.52. The SMILES string of the molecule is O=C(CCCCC(=O)Oc1ccc(C(=O)Cl)cc1)Oc1ccc(C(=O)Cl)cc1. The number of carbonyl (C=O) groups is 4. The molecule has 0 atom stereocenters. The van der Waals surface area contributed by atoms with Crippen molar-refractivity contribution in [2.45, 2.75) is 25.7 Å². The summed E-state index contributed by atoms with van der Waals surface area (Å²) >= 11 is 10.7. The lowest BCUT2D eigenvalue weighted by atomic mass is 10.2. The molecule has 0 aromatic heterocycles. The summed E-state index contributed by atoms with van der Waals surface area (Å²) in [5, 5.41) is -1.18. The first-order valence-electron chi connectivity index (χ1n) is 8.36. The standard InChI is InChI=1S/C20H16Cl2O6/c21-19(25)13-5-9-15(10-6-13)27-17(23)3-1-2-4-18(24)28-16-11-7-14(8-12-16)20(22)26/h5-12H,1-4H2. The van der Waals surface area contributed by atoms with Crippen LogP contribution in [0, 0.1) is 0 Å². The highest BCUT2D eigenvalue weighted by atomic mass is 35.5. The van der Waals surface area contributed by atoms with E-state index in [2.05, 4.69) is 0 Å². The van der Waals surface area contributed by atoms with E-state index in [9.17, 15) is 19.2 Å². The molecule has 0 aliphatic rings. The van der Waals surface area contributed by atoms with Crippen LogP contribution in [0.5, 0.6) is 11.5 Å². The van der Waals surface area contributed by atoms with Crippen molar-refractivity contribution >= 4 is 45.6 Å². The normalized spacial score (nSPS) is 10.2. The molecule has 6 nitrogen and oxygen atoms in total. The van der Waals surface area contributed by atoms with Gasteiger partial charge >= 0.3 is 11.9 Å². The lowest BCUT2D eigenvalue weighted by molar-refractivity contribution is -0.136. The Hall–Kier alpha value is -2.70. The molecule has 0 radical (unpaired) electrons. The van der Waals surface area contributed by atoms with E-state index in [1.54, 1.807) is 0 Å². The Morgan fingerprint density at radius 1 is 0.607 bits per heavy atom. The topological polar surface area (TPSA) is 86.7 Å². The molecule has 0 saturated carbocycles. The molecule has 0 fully saturated rings. The Labute approximate surface area is 171 Å². The fraction of sp³-hybridized carbons (Fsp3) is 0.200. The van der Waals surface area contributed by atoms with Crippen molar-refractivity contribution in [3.63, 3.8) is 0 Å². The molecule has 0 unspecified atom stereocenters. The van der Waals surface area contributed by atoms with Crippen molar-refractivity contribution in [2.75, 3.05) is 0 Å². The van der Waals surface area contributed by atoms with Crippen LogP contribution in [0.15, 0.2) is 48.5 Å². The number of carbonyl (C=O) groups excluding carboxylic acids is 4. The zero-order chi connectivity index (χ0) is 20.5. The third kappa shape index (κ3) is 7.13. The minimum absolute atomic E-state index is 0.135. The molecule has 0 aliphatic heterocycles. The van der Waals surface area contributed by atoms with Crippen LogP contribution in [0.2, 0.25) is 0 Å². The zero-order valence-corrected chi connectivity index (χ0v) is 16.2. The average Bonchev–Trinajstić information content (AvgIpc) is 2.66. The van der Waals surface area contributed by atoms with Crippen LogP contribution in [-0.4, -0.2) is 22.4 Å². The maximum Gasteiger partial charge on any atom is 0.311 e. The molecule has 2 rings (SSSR count). The number of hydrogen-bond acceptors (Lipinski definition) is 6. The van der Waals surface area contributed by atoms with Crippen LogP contribution >= 0.6 is 23.2 Å². The van der Waals surface area contributed by atoms with Gasteiger partial charge in [0.15, 0.2) is 0 Å². The van der Waals surface area contributed by atoms with Gasteiger partial charge in [-0.3, -0.25) is 19.2 Å². The van der Waals surface area contributed by atoms with Crippen LogP contribution in [0.4, 0.5) is 0 Å². The Kier molecular flexibility index (Phi) is 8.17. The highest BCUT2D eigenvalue weighted by Gasteiger charge is 2.09. The van der Waals surface area contributed by atoms with Crippen LogP contribution in [-0.2, 0) is 9.59 Å². The lowest BCUT2D eigenvalue weighted by Crippen LogP contribution is -2.10. The van der Waals surface area contributed by atoms with Crippen LogP contribution < -0.4 is 9.47 Å².